The molecule has 1 fully saturated rings. The predicted molar refractivity (Wildman–Crippen MR) is 61.6 cm³/mol. The molecule has 6 heteroatoms. The summed E-state index contributed by atoms with van der Waals surface area (Å²) in [5, 5.41) is 9.06. The van der Waals surface area contributed by atoms with Crippen LogP contribution in [-0.2, 0) is 14.8 Å². The van der Waals surface area contributed by atoms with Crippen LogP contribution < -0.4 is 4.72 Å². The summed E-state index contributed by atoms with van der Waals surface area (Å²) in [6.07, 6.45) is 1.53. The third kappa shape index (κ3) is 4.37. The zero-order valence-corrected chi connectivity index (χ0v) is 10.7. The van der Waals surface area contributed by atoms with Gasteiger partial charge in [0, 0.05) is 12.6 Å². The minimum Gasteiger partial charge on any atom is -0.395 e. The molecule has 0 saturated carbocycles. The lowest BCUT2D eigenvalue weighted by atomic mass is 10.1. The highest BCUT2D eigenvalue weighted by atomic mass is 32.2. The molecule has 0 aliphatic carbocycles. The first kappa shape index (κ1) is 13.9. The largest absolute Gasteiger partial charge is 0.395 e. The lowest BCUT2D eigenvalue weighted by Crippen LogP contribution is -2.43. The van der Waals surface area contributed by atoms with E-state index in [1.807, 2.05) is 13.8 Å². The van der Waals surface area contributed by atoms with E-state index in [4.69, 9.17) is 9.84 Å². The van der Waals surface area contributed by atoms with Crippen LogP contribution in [0.3, 0.4) is 0 Å². The minimum absolute atomic E-state index is 0.00375. The summed E-state index contributed by atoms with van der Waals surface area (Å²) >= 11 is 0. The maximum absolute atomic E-state index is 11.8. The van der Waals surface area contributed by atoms with Gasteiger partial charge in [-0.05, 0) is 18.8 Å². The van der Waals surface area contributed by atoms with Gasteiger partial charge in [0.05, 0.1) is 18.5 Å². The van der Waals surface area contributed by atoms with Crippen molar-refractivity contribution in [2.24, 2.45) is 5.92 Å². The van der Waals surface area contributed by atoms with E-state index in [9.17, 15) is 8.42 Å². The van der Waals surface area contributed by atoms with Gasteiger partial charge in [0.2, 0.25) is 10.0 Å². The van der Waals surface area contributed by atoms with E-state index in [0.717, 1.165) is 12.8 Å². The van der Waals surface area contributed by atoms with Crippen LogP contribution in [0.5, 0.6) is 0 Å². The molecule has 1 heterocycles. The van der Waals surface area contributed by atoms with Crippen LogP contribution in [0.15, 0.2) is 0 Å². The first-order chi connectivity index (χ1) is 7.44. The summed E-state index contributed by atoms with van der Waals surface area (Å²) < 4.78 is 31.3. The molecule has 0 bridgehead atoms. The quantitative estimate of drug-likeness (QED) is 0.702. The first-order valence-electron chi connectivity index (χ1n) is 5.67. The van der Waals surface area contributed by atoms with Gasteiger partial charge in [-0.15, -0.1) is 0 Å². The van der Waals surface area contributed by atoms with Crippen molar-refractivity contribution in [2.45, 2.75) is 38.8 Å². The topological polar surface area (TPSA) is 75.6 Å². The summed E-state index contributed by atoms with van der Waals surface area (Å²) in [6.45, 7) is 4.21. The van der Waals surface area contributed by atoms with E-state index in [0.29, 0.717) is 6.61 Å². The monoisotopic (exact) mass is 251 g/mol. The molecule has 1 aliphatic heterocycles. The molecule has 0 radical (unpaired) electrons. The average molecular weight is 251 g/mol. The van der Waals surface area contributed by atoms with Gasteiger partial charge in [-0.1, -0.05) is 13.8 Å². The molecule has 1 unspecified atom stereocenters. The van der Waals surface area contributed by atoms with Crippen molar-refractivity contribution in [1.29, 1.82) is 0 Å². The summed E-state index contributed by atoms with van der Waals surface area (Å²) in [4.78, 5) is 0. The molecule has 5 nitrogen and oxygen atoms in total. The van der Waals surface area contributed by atoms with Gasteiger partial charge in [-0.3, -0.25) is 0 Å². The fourth-order valence-electron chi connectivity index (χ4n) is 1.68. The zero-order valence-electron chi connectivity index (χ0n) is 9.85. The molecule has 0 aromatic carbocycles. The number of aliphatic hydroxyl groups is 1. The van der Waals surface area contributed by atoms with Gasteiger partial charge in [0.25, 0.3) is 0 Å². The Labute approximate surface area is 97.2 Å². The Balaban J connectivity index is 2.49. The molecular weight excluding hydrogens is 230 g/mol. The fourth-order valence-corrected chi connectivity index (χ4v) is 3.34. The SMILES string of the molecule is CC(C)[C@@H](CO)NS(=O)(=O)CC1CCCO1. The molecular formula is C10H21NO4S. The van der Waals surface area contributed by atoms with Gasteiger partial charge in [0.1, 0.15) is 0 Å². The molecule has 0 aromatic rings. The third-order valence-electron chi connectivity index (χ3n) is 2.76. The van der Waals surface area contributed by atoms with Crippen LogP contribution in [0.4, 0.5) is 0 Å². The molecule has 2 N–H and O–H groups in total. The highest BCUT2D eigenvalue weighted by molar-refractivity contribution is 7.89. The summed E-state index contributed by atoms with van der Waals surface area (Å²) in [5.74, 6) is 0.0696. The highest BCUT2D eigenvalue weighted by Crippen LogP contribution is 2.14. The maximum Gasteiger partial charge on any atom is 0.214 e. The van der Waals surface area contributed by atoms with E-state index < -0.39 is 16.1 Å². The van der Waals surface area contributed by atoms with Crippen molar-refractivity contribution >= 4 is 10.0 Å². The average Bonchev–Trinajstić information content (AvgIpc) is 2.65. The van der Waals surface area contributed by atoms with Crippen LogP contribution in [-0.4, -0.2) is 44.6 Å². The second kappa shape index (κ2) is 5.95. The number of hydrogen-bond acceptors (Lipinski definition) is 4. The lowest BCUT2D eigenvalue weighted by Gasteiger charge is -2.20. The van der Waals surface area contributed by atoms with E-state index in [-0.39, 0.29) is 24.4 Å². The summed E-state index contributed by atoms with van der Waals surface area (Å²) in [6, 6.07) is -0.411. The number of ether oxygens (including phenoxy) is 1. The molecule has 0 aromatic heterocycles. The van der Waals surface area contributed by atoms with Crippen LogP contribution >= 0.6 is 0 Å². The van der Waals surface area contributed by atoms with Crippen LogP contribution in [0.25, 0.3) is 0 Å². The number of nitrogens with one attached hydrogen (secondary N) is 1. The number of hydrogen-bond donors (Lipinski definition) is 2. The van der Waals surface area contributed by atoms with Gasteiger partial charge in [-0.2, -0.15) is 0 Å². The number of aliphatic hydroxyl groups excluding tert-OH is 1. The smallest absolute Gasteiger partial charge is 0.214 e. The Morgan fingerprint density at radius 1 is 1.50 bits per heavy atom. The van der Waals surface area contributed by atoms with Crippen molar-refractivity contribution in [2.75, 3.05) is 19.0 Å². The van der Waals surface area contributed by atoms with E-state index in [2.05, 4.69) is 4.72 Å². The van der Waals surface area contributed by atoms with Crippen LogP contribution in [0.1, 0.15) is 26.7 Å². The van der Waals surface area contributed by atoms with Gasteiger partial charge in [0.15, 0.2) is 0 Å². The fraction of sp³-hybridized carbons (Fsp3) is 1.00. The van der Waals surface area contributed by atoms with Crippen LogP contribution in [0.2, 0.25) is 0 Å². The van der Waals surface area contributed by atoms with E-state index >= 15 is 0 Å². The molecule has 2 atom stereocenters. The van der Waals surface area contributed by atoms with E-state index in [1.165, 1.54) is 0 Å². The van der Waals surface area contributed by atoms with Crippen molar-refractivity contribution < 1.29 is 18.3 Å². The standard InChI is InChI=1S/C10H21NO4S/c1-8(2)10(6-12)11-16(13,14)7-9-4-3-5-15-9/h8-12H,3-7H2,1-2H3/t9?,10-/m1/s1. The van der Waals surface area contributed by atoms with Crippen molar-refractivity contribution in [3.63, 3.8) is 0 Å². The van der Waals surface area contributed by atoms with Crippen molar-refractivity contribution in [1.82, 2.24) is 4.72 Å². The Morgan fingerprint density at radius 2 is 2.19 bits per heavy atom. The number of sulfonamides is 1. The molecule has 96 valence electrons. The molecule has 1 saturated heterocycles. The first-order valence-corrected chi connectivity index (χ1v) is 7.32. The lowest BCUT2D eigenvalue weighted by molar-refractivity contribution is 0.127. The Kier molecular flexibility index (Phi) is 5.17. The Hall–Kier alpha value is -0.170. The van der Waals surface area contributed by atoms with Gasteiger partial charge in [-0.25, -0.2) is 13.1 Å². The predicted octanol–water partition coefficient (Wildman–Crippen LogP) is 0.102. The second-order valence-electron chi connectivity index (χ2n) is 4.57. The van der Waals surface area contributed by atoms with Gasteiger partial charge < -0.3 is 9.84 Å². The van der Waals surface area contributed by atoms with Crippen LogP contribution in [0, 0.1) is 5.92 Å². The zero-order chi connectivity index (χ0) is 12.2. The third-order valence-corrected chi connectivity index (χ3v) is 4.23. The van der Waals surface area contributed by atoms with Gasteiger partial charge >= 0.3 is 0 Å². The van der Waals surface area contributed by atoms with E-state index in [1.54, 1.807) is 0 Å². The molecule has 16 heavy (non-hydrogen) atoms. The Bertz CT molecular complexity index is 296. The summed E-state index contributed by atoms with van der Waals surface area (Å²) in [7, 11) is -3.36. The second-order valence-corrected chi connectivity index (χ2v) is 6.37. The van der Waals surface area contributed by atoms with Crippen molar-refractivity contribution in [3.05, 3.63) is 0 Å². The number of rotatable bonds is 6. The molecule has 1 rings (SSSR count). The summed E-state index contributed by atoms with van der Waals surface area (Å²) in [5.41, 5.74) is 0. The Morgan fingerprint density at radius 3 is 2.62 bits per heavy atom. The van der Waals surface area contributed by atoms with Crippen molar-refractivity contribution in [3.8, 4) is 0 Å². The molecule has 0 spiro atoms. The molecule has 0 amide bonds. The molecule has 1 aliphatic rings. The highest BCUT2D eigenvalue weighted by Gasteiger charge is 2.26. The minimum atomic E-state index is -3.36. The maximum atomic E-state index is 11.8. The normalized spacial score (nSPS) is 23.9.